The van der Waals surface area contributed by atoms with Crippen molar-refractivity contribution in [3.8, 4) is 0 Å². The first-order valence-electron chi connectivity index (χ1n) is 8.80. The van der Waals surface area contributed by atoms with Crippen LogP contribution >= 0.6 is 0 Å². The predicted molar refractivity (Wildman–Crippen MR) is 90.6 cm³/mol. The predicted octanol–water partition coefficient (Wildman–Crippen LogP) is 2.30. The van der Waals surface area contributed by atoms with E-state index < -0.39 is 0 Å². The van der Waals surface area contributed by atoms with Gasteiger partial charge in [-0.3, -0.25) is 4.79 Å². The van der Waals surface area contributed by atoms with Gasteiger partial charge in [-0.15, -0.1) is 0 Å². The van der Waals surface area contributed by atoms with Gasteiger partial charge in [0.2, 0.25) is 0 Å². The minimum atomic E-state index is -0.263. The van der Waals surface area contributed by atoms with E-state index in [-0.39, 0.29) is 17.9 Å². The molecule has 2 aliphatic rings. The van der Waals surface area contributed by atoms with E-state index in [2.05, 4.69) is 9.88 Å². The lowest BCUT2D eigenvalue weighted by atomic mass is 10.0. The molecule has 0 radical (unpaired) electrons. The topological polar surface area (TPSA) is 56.7 Å². The fourth-order valence-corrected chi connectivity index (χ4v) is 3.79. The molecule has 126 valence electrons. The Kier molecular flexibility index (Phi) is 5.16. The van der Waals surface area contributed by atoms with E-state index in [9.17, 15) is 9.90 Å². The Hall–Kier alpha value is -1.62. The molecule has 5 heteroatoms. The number of hydrogen-bond donors (Lipinski definition) is 1. The van der Waals surface area contributed by atoms with Crippen LogP contribution in [-0.2, 0) is 0 Å². The summed E-state index contributed by atoms with van der Waals surface area (Å²) in [6, 6.07) is 3.71. The van der Waals surface area contributed by atoms with E-state index in [1.807, 2.05) is 19.2 Å². The van der Waals surface area contributed by atoms with E-state index in [1.165, 1.54) is 6.42 Å². The number of pyridine rings is 1. The van der Waals surface area contributed by atoms with Gasteiger partial charge < -0.3 is 14.9 Å². The molecule has 1 saturated heterocycles. The average Bonchev–Trinajstić information content (AvgIpc) is 3.00. The highest BCUT2D eigenvalue weighted by atomic mass is 16.3. The fourth-order valence-electron chi connectivity index (χ4n) is 3.79. The zero-order valence-electron chi connectivity index (χ0n) is 13.9. The fraction of sp³-hybridized carbons (Fsp3) is 0.667. The van der Waals surface area contributed by atoms with Crippen molar-refractivity contribution in [2.24, 2.45) is 5.92 Å². The summed E-state index contributed by atoms with van der Waals surface area (Å²) >= 11 is 0. The van der Waals surface area contributed by atoms with Crippen LogP contribution in [0.15, 0.2) is 18.3 Å². The number of carbonyl (C=O) groups excluding carboxylic acids is 1. The van der Waals surface area contributed by atoms with Gasteiger partial charge in [0.1, 0.15) is 5.82 Å². The van der Waals surface area contributed by atoms with Crippen LogP contribution in [0.4, 0.5) is 5.82 Å². The Morgan fingerprint density at radius 2 is 2.09 bits per heavy atom. The second-order valence-electron chi connectivity index (χ2n) is 6.87. The van der Waals surface area contributed by atoms with Gasteiger partial charge in [-0.1, -0.05) is 6.42 Å². The van der Waals surface area contributed by atoms with Crippen molar-refractivity contribution < 1.29 is 9.90 Å². The lowest BCUT2D eigenvalue weighted by Gasteiger charge is -2.30. The number of nitrogens with zero attached hydrogens (tertiary/aromatic N) is 3. The number of anilines is 1. The molecular weight excluding hydrogens is 290 g/mol. The number of aliphatic hydroxyl groups excluding tert-OH is 1. The number of aromatic nitrogens is 1. The van der Waals surface area contributed by atoms with Crippen LogP contribution in [0, 0.1) is 5.92 Å². The lowest BCUT2D eigenvalue weighted by Crippen LogP contribution is -2.37. The maximum atomic E-state index is 12.9. The standard InChI is InChI=1S/C18H27N3O2/c1-20(13-14-7-5-9-16(14)22)18(23)15-8-6-10-19-17(15)21-11-3-2-4-12-21/h6,8,10,14,16,22H,2-5,7,9,11-13H2,1H3. The number of carbonyl (C=O) groups is 1. The third kappa shape index (κ3) is 3.66. The molecule has 1 saturated carbocycles. The van der Waals surface area contributed by atoms with Crippen molar-refractivity contribution in [3.05, 3.63) is 23.9 Å². The zero-order chi connectivity index (χ0) is 16.2. The van der Waals surface area contributed by atoms with Crippen LogP contribution in [0.5, 0.6) is 0 Å². The monoisotopic (exact) mass is 317 g/mol. The highest BCUT2D eigenvalue weighted by molar-refractivity contribution is 5.98. The van der Waals surface area contributed by atoms with Crippen LogP contribution < -0.4 is 4.90 Å². The summed E-state index contributed by atoms with van der Waals surface area (Å²) in [6.45, 7) is 2.57. The number of aliphatic hydroxyl groups is 1. The molecule has 2 unspecified atom stereocenters. The minimum absolute atomic E-state index is 0.0118. The van der Waals surface area contributed by atoms with Crippen molar-refractivity contribution in [3.63, 3.8) is 0 Å². The van der Waals surface area contributed by atoms with E-state index in [0.717, 1.165) is 51.0 Å². The third-order valence-corrected chi connectivity index (χ3v) is 5.15. The molecule has 1 N–H and O–H groups in total. The summed E-state index contributed by atoms with van der Waals surface area (Å²) in [4.78, 5) is 21.3. The second-order valence-corrected chi connectivity index (χ2v) is 6.87. The van der Waals surface area contributed by atoms with E-state index >= 15 is 0 Å². The molecule has 2 heterocycles. The molecule has 3 rings (SSSR count). The molecule has 1 aliphatic carbocycles. The smallest absolute Gasteiger partial charge is 0.257 e. The SMILES string of the molecule is CN(CC1CCCC1O)C(=O)c1cccnc1N1CCCCC1. The largest absolute Gasteiger partial charge is 0.393 e. The van der Waals surface area contributed by atoms with Crippen molar-refractivity contribution >= 4 is 11.7 Å². The summed E-state index contributed by atoms with van der Waals surface area (Å²) in [6.07, 6.45) is 8.00. The quantitative estimate of drug-likeness (QED) is 0.926. The van der Waals surface area contributed by atoms with Gasteiger partial charge in [0.05, 0.1) is 11.7 Å². The Morgan fingerprint density at radius 1 is 1.30 bits per heavy atom. The van der Waals surface area contributed by atoms with Crippen molar-refractivity contribution in [1.82, 2.24) is 9.88 Å². The first-order chi connectivity index (χ1) is 11.2. The van der Waals surface area contributed by atoms with Crippen LogP contribution in [-0.4, -0.2) is 53.7 Å². The van der Waals surface area contributed by atoms with Gasteiger partial charge in [0, 0.05) is 38.8 Å². The summed E-state index contributed by atoms with van der Waals surface area (Å²) < 4.78 is 0. The highest BCUT2D eigenvalue weighted by Crippen LogP contribution is 2.27. The van der Waals surface area contributed by atoms with Crippen LogP contribution in [0.25, 0.3) is 0 Å². The zero-order valence-corrected chi connectivity index (χ0v) is 13.9. The number of rotatable bonds is 4. The molecule has 2 fully saturated rings. The van der Waals surface area contributed by atoms with Gasteiger partial charge in [0.25, 0.3) is 5.91 Å². The first kappa shape index (κ1) is 16.2. The van der Waals surface area contributed by atoms with Crippen molar-refractivity contribution in [2.45, 2.75) is 44.6 Å². The molecule has 5 nitrogen and oxygen atoms in total. The highest BCUT2D eigenvalue weighted by Gasteiger charge is 2.29. The number of hydrogen-bond acceptors (Lipinski definition) is 4. The molecule has 1 amide bonds. The molecule has 0 bridgehead atoms. The maximum Gasteiger partial charge on any atom is 0.257 e. The van der Waals surface area contributed by atoms with Gasteiger partial charge in [-0.25, -0.2) is 4.98 Å². The molecule has 0 spiro atoms. The molecule has 1 aromatic heterocycles. The molecule has 1 aromatic rings. The van der Waals surface area contributed by atoms with Gasteiger partial charge in [0.15, 0.2) is 0 Å². The maximum absolute atomic E-state index is 12.9. The Balaban J connectivity index is 1.73. The molecule has 23 heavy (non-hydrogen) atoms. The third-order valence-electron chi connectivity index (χ3n) is 5.15. The van der Waals surface area contributed by atoms with Crippen LogP contribution in [0.1, 0.15) is 48.9 Å². The number of piperidine rings is 1. The average molecular weight is 317 g/mol. The van der Waals surface area contributed by atoms with E-state index in [1.54, 1.807) is 11.1 Å². The van der Waals surface area contributed by atoms with Gasteiger partial charge >= 0.3 is 0 Å². The first-order valence-corrected chi connectivity index (χ1v) is 8.80. The summed E-state index contributed by atoms with van der Waals surface area (Å²) in [5.41, 5.74) is 0.685. The van der Waals surface area contributed by atoms with E-state index in [4.69, 9.17) is 0 Å². The van der Waals surface area contributed by atoms with Gasteiger partial charge in [-0.05, 0) is 44.2 Å². The van der Waals surface area contributed by atoms with E-state index in [0.29, 0.717) is 12.1 Å². The summed E-state index contributed by atoms with van der Waals surface area (Å²) in [5, 5.41) is 9.99. The molecule has 2 atom stereocenters. The van der Waals surface area contributed by atoms with Crippen LogP contribution in [0.3, 0.4) is 0 Å². The lowest BCUT2D eigenvalue weighted by molar-refractivity contribution is 0.0693. The molecule has 0 aromatic carbocycles. The molecule has 1 aliphatic heterocycles. The summed E-state index contributed by atoms with van der Waals surface area (Å²) in [5.74, 6) is 1.04. The van der Waals surface area contributed by atoms with Crippen LogP contribution in [0.2, 0.25) is 0 Å². The number of amides is 1. The summed E-state index contributed by atoms with van der Waals surface area (Å²) in [7, 11) is 1.83. The Bertz CT molecular complexity index is 543. The van der Waals surface area contributed by atoms with Crippen molar-refractivity contribution in [2.75, 3.05) is 31.6 Å². The Labute approximate surface area is 138 Å². The Morgan fingerprint density at radius 3 is 2.78 bits per heavy atom. The van der Waals surface area contributed by atoms with Crippen molar-refractivity contribution in [1.29, 1.82) is 0 Å². The minimum Gasteiger partial charge on any atom is -0.393 e. The normalized spacial score (nSPS) is 24.7. The molecular formula is C18H27N3O2. The van der Waals surface area contributed by atoms with Gasteiger partial charge in [-0.2, -0.15) is 0 Å². The second kappa shape index (κ2) is 7.30.